The second-order valence-electron chi connectivity index (χ2n) is 6.06. The lowest BCUT2D eigenvalue weighted by atomic mass is 9.87. The highest BCUT2D eigenvalue weighted by atomic mass is 19.4. The molecule has 0 bridgehead atoms. The molecule has 0 spiro atoms. The van der Waals surface area contributed by atoms with Crippen LogP contribution in [-0.4, -0.2) is 19.8 Å². The fraction of sp³-hybridized carbons (Fsp3) is 0.312. The van der Waals surface area contributed by atoms with Crippen LogP contribution < -0.4 is 11.1 Å². The van der Waals surface area contributed by atoms with Crippen molar-refractivity contribution in [3.8, 4) is 0 Å². The number of rotatable bonds is 2. The van der Waals surface area contributed by atoms with Gasteiger partial charge in [0.05, 0.1) is 6.04 Å². The minimum atomic E-state index is -4.61. The monoisotopic (exact) mass is 348 g/mol. The lowest BCUT2D eigenvalue weighted by Gasteiger charge is -2.27. The van der Waals surface area contributed by atoms with E-state index in [1.54, 1.807) is 6.07 Å². The number of benzene rings is 1. The van der Waals surface area contributed by atoms with Gasteiger partial charge in [0.2, 0.25) is 0 Å². The number of anilines is 2. The molecule has 4 rings (SSSR count). The predicted octanol–water partition coefficient (Wildman–Crippen LogP) is 3.21. The van der Waals surface area contributed by atoms with Crippen LogP contribution in [0, 0.1) is 0 Å². The van der Waals surface area contributed by atoms with E-state index in [2.05, 4.69) is 20.6 Å². The van der Waals surface area contributed by atoms with Crippen LogP contribution in [-0.2, 0) is 12.6 Å². The van der Waals surface area contributed by atoms with Gasteiger partial charge in [-0.2, -0.15) is 17.7 Å². The van der Waals surface area contributed by atoms with Gasteiger partial charge >= 0.3 is 6.18 Å². The molecule has 1 aliphatic carbocycles. The van der Waals surface area contributed by atoms with Gasteiger partial charge in [-0.1, -0.05) is 6.07 Å². The first kappa shape index (κ1) is 15.7. The predicted molar refractivity (Wildman–Crippen MR) is 85.9 cm³/mol. The number of aromatic nitrogens is 4. The molecule has 25 heavy (non-hydrogen) atoms. The number of halogens is 3. The summed E-state index contributed by atoms with van der Waals surface area (Å²) < 4.78 is 39.7. The first-order valence-electron chi connectivity index (χ1n) is 7.86. The van der Waals surface area contributed by atoms with Crippen molar-refractivity contribution in [1.29, 1.82) is 0 Å². The van der Waals surface area contributed by atoms with Crippen LogP contribution in [0.2, 0.25) is 0 Å². The first-order chi connectivity index (χ1) is 11.9. The smallest absolute Gasteiger partial charge is 0.399 e. The highest BCUT2D eigenvalue weighted by Gasteiger charge is 2.37. The van der Waals surface area contributed by atoms with E-state index in [9.17, 15) is 13.2 Å². The Morgan fingerprint density at radius 2 is 2.00 bits per heavy atom. The fourth-order valence-electron chi connectivity index (χ4n) is 3.21. The van der Waals surface area contributed by atoms with Crippen molar-refractivity contribution >= 4 is 17.2 Å². The standard InChI is InChI=1S/C16H15F3N6/c17-16(18,19)15-23-22-14-7-6-13(24-25(14)15)21-12-3-1-2-9-8-10(20)4-5-11(9)12/h4-8,12H,1-3,20H2,(H,21,24). The molecule has 2 heterocycles. The quantitative estimate of drug-likeness (QED) is 0.695. The lowest BCUT2D eigenvalue weighted by Crippen LogP contribution is -2.19. The minimum absolute atomic E-state index is 0.0277. The number of hydrogen-bond donors (Lipinski definition) is 2. The Morgan fingerprint density at radius 1 is 1.16 bits per heavy atom. The Hall–Kier alpha value is -2.84. The van der Waals surface area contributed by atoms with Crippen LogP contribution in [0.25, 0.3) is 5.65 Å². The van der Waals surface area contributed by atoms with Crippen LogP contribution in [0.4, 0.5) is 24.7 Å². The highest BCUT2D eigenvalue weighted by Crippen LogP contribution is 2.33. The fourth-order valence-corrected chi connectivity index (χ4v) is 3.21. The zero-order valence-corrected chi connectivity index (χ0v) is 13.1. The van der Waals surface area contributed by atoms with Crippen molar-refractivity contribution < 1.29 is 13.2 Å². The number of aryl methyl sites for hydroxylation is 1. The van der Waals surface area contributed by atoms with E-state index < -0.39 is 12.0 Å². The van der Waals surface area contributed by atoms with Crippen LogP contribution >= 0.6 is 0 Å². The summed E-state index contributed by atoms with van der Waals surface area (Å²) >= 11 is 0. The van der Waals surface area contributed by atoms with Gasteiger partial charge in [0.25, 0.3) is 5.82 Å². The van der Waals surface area contributed by atoms with Crippen LogP contribution in [0.5, 0.6) is 0 Å². The molecule has 0 radical (unpaired) electrons. The average Bonchev–Trinajstić information content (AvgIpc) is 2.98. The molecule has 0 amide bonds. The maximum atomic E-state index is 13.0. The molecule has 9 heteroatoms. The van der Waals surface area contributed by atoms with Gasteiger partial charge in [-0.25, -0.2) is 0 Å². The van der Waals surface area contributed by atoms with E-state index in [0.29, 0.717) is 11.5 Å². The third-order valence-corrected chi connectivity index (χ3v) is 4.32. The van der Waals surface area contributed by atoms with Crippen LogP contribution in [0.15, 0.2) is 30.3 Å². The van der Waals surface area contributed by atoms with Gasteiger partial charge in [-0.3, -0.25) is 0 Å². The number of fused-ring (bicyclic) bond motifs is 2. The molecule has 130 valence electrons. The molecule has 2 aromatic heterocycles. The summed E-state index contributed by atoms with van der Waals surface area (Å²) in [5, 5.41) is 13.9. The zero-order valence-electron chi connectivity index (χ0n) is 13.1. The van der Waals surface area contributed by atoms with Gasteiger partial charge in [0, 0.05) is 5.69 Å². The Morgan fingerprint density at radius 3 is 2.80 bits per heavy atom. The molecule has 0 saturated carbocycles. The SMILES string of the molecule is Nc1ccc2c(c1)CCCC2Nc1ccc2nnc(C(F)(F)F)n2n1. The van der Waals surface area contributed by atoms with Crippen molar-refractivity contribution in [2.75, 3.05) is 11.1 Å². The molecule has 0 aliphatic heterocycles. The third-order valence-electron chi connectivity index (χ3n) is 4.32. The van der Waals surface area contributed by atoms with E-state index in [0.717, 1.165) is 34.9 Å². The summed E-state index contributed by atoms with van der Waals surface area (Å²) in [5.41, 5.74) is 8.85. The second-order valence-corrected chi connectivity index (χ2v) is 6.06. The first-order valence-corrected chi connectivity index (χ1v) is 7.86. The Balaban J connectivity index is 1.68. The van der Waals surface area contributed by atoms with Crippen molar-refractivity contribution in [2.24, 2.45) is 0 Å². The average molecular weight is 348 g/mol. The Kier molecular flexibility index (Phi) is 3.52. The summed E-state index contributed by atoms with van der Waals surface area (Å²) in [5.74, 6) is -0.796. The maximum absolute atomic E-state index is 13.0. The molecule has 3 N–H and O–H groups in total. The topological polar surface area (TPSA) is 81.1 Å². The van der Waals surface area contributed by atoms with E-state index in [4.69, 9.17) is 5.73 Å². The lowest BCUT2D eigenvalue weighted by molar-refractivity contribution is -0.146. The van der Waals surface area contributed by atoms with E-state index in [1.807, 2.05) is 18.2 Å². The van der Waals surface area contributed by atoms with Crippen molar-refractivity contribution in [1.82, 2.24) is 19.8 Å². The molecule has 1 atom stereocenters. The van der Waals surface area contributed by atoms with E-state index in [1.165, 1.54) is 6.07 Å². The molecular weight excluding hydrogens is 333 g/mol. The number of hydrogen-bond acceptors (Lipinski definition) is 5. The number of alkyl halides is 3. The van der Waals surface area contributed by atoms with Gasteiger partial charge in [0.15, 0.2) is 5.65 Å². The normalized spacial score (nSPS) is 17.5. The summed E-state index contributed by atoms with van der Waals surface area (Å²) in [6, 6.07) is 8.78. The Labute approximate surface area is 140 Å². The van der Waals surface area contributed by atoms with Gasteiger partial charge in [0.1, 0.15) is 5.82 Å². The van der Waals surface area contributed by atoms with E-state index in [-0.39, 0.29) is 11.7 Å². The molecule has 0 fully saturated rings. The van der Waals surface area contributed by atoms with Crippen molar-refractivity contribution in [3.63, 3.8) is 0 Å². The van der Waals surface area contributed by atoms with Gasteiger partial charge in [-0.15, -0.1) is 15.3 Å². The summed E-state index contributed by atoms with van der Waals surface area (Å²) in [6.45, 7) is 0. The van der Waals surface area contributed by atoms with Crippen LogP contribution in [0.3, 0.4) is 0 Å². The largest absolute Gasteiger partial charge is 0.453 e. The number of nitrogens with zero attached hydrogens (tertiary/aromatic N) is 4. The third kappa shape index (κ3) is 2.86. The molecule has 1 aromatic carbocycles. The molecule has 1 aliphatic rings. The summed E-state index contributed by atoms with van der Waals surface area (Å²) in [7, 11) is 0. The number of nitrogens with two attached hydrogens (primary N) is 1. The van der Waals surface area contributed by atoms with Gasteiger partial charge < -0.3 is 11.1 Å². The van der Waals surface area contributed by atoms with Crippen LogP contribution in [0.1, 0.15) is 35.8 Å². The maximum Gasteiger partial charge on any atom is 0.453 e. The molecule has 3 aromatic rings. The zero-order chi connectivity index (χ0) is 17.6. The van der Waals surface area contributed by atoms with Crippen molar-refractivity contribution in [3.05, 3.63) is 47.3 Å². The number of nitrogens with one attached hydrogen (secondary N) is 1. The second kappa shape index (κ2) is 5.61. The molecule has 6 nitrogen and oxygen atoms in total. The van der Waals surface area contributed by atoms with E-state index >= 15 is 0 Å². The molecule has 1 unspecified atom stereocenters. The van der Waals surface area contributed by atoms with Gasteiger partial charge in [-0.05, 0) is 54.7 Å². The van der Waals surface area contributed by atoms with Crippen molar-refractivity contribution in [2.45, 2.75) is 31.5 Å². The molecular formula is C16H15F3N6. The summed E-state index contributed by atoms with van der Waals surface area (Å²) in [6.07, 6.45) is -1.84. The molecule has 0 saturated heterocycles. The highest BCUT2D eigenvalue weighted by molar-refractivity contribution is 5.50. The Bertz CT molecular complexity index is 933. The number of nitrogen functional groups attached to an aromatic ring is 1. The summed E-state index contributed by atoms with van der Waals surface area (Å²) in [4.78, 5) is 0. The minimum Gasteiger partial charge on any atom is -0.399 e.